The molecule has 118 valence electrons. The van der Waals surface area contributed by atoms with Crippen molar-refractivity contribution < 1.29 is 9.53 Å². The lowest BCUT2D eigenvalue weighted by molar-refractivity contribution is 0.0474. The minimum absolute atomic E-state index is 0.216. The summed E-state index contributed by atoms with van der Waals surface area (Å²) in [5.74, 6) is 0.181. The number of esters is 1. The lowest BCUT2D eigenvalue weighted by Gasteiger charge is -2.07. The van der Waals surface area contributed by atoms with Gasteiger partial charge in [0.15, 0.2) is 5.82 Å². The smallest absolute Gasteiger partial charge is 0.338 e. The molecular weight excluding hydrogens is 304 g/mol. The van der Waals surface area contributed by atoms with Gasteiger partial charge in [-0.15, -0.1) is 0 Å². The number of aromatic nitrogens is 4. The maximum absolute atomic E-state index is 12.3. The van der Waals surface area contributed by atoms with E-state index in [4.69, 9.17) is 4.74 Å². The number of benzene rings is 1. The van der Waals surface area contributed by atoms with E-state index in [2.05, 4.69) is 15.1 Å². The number of rotatable bonds is 4. The molecule has 0 bridgehead atoms. The molecule has 0 saturated carbocycles. The van der Waals surface area contributed by atoms with Crippen molar-refractivity contribution in [3.8, 4) is 5.82 Å². The lowest BCUT2D eigenvalue weighted by atomic mass is 10.1. The molecule has 6 heteroatoms. The Bertz CT molecular complexity index is 989. The highest BCUT2D eigenvalue weighted by Gasteiger charge is 2.11. The zero-order chi connectivity index (χ0) is 16.4. The Morgan fingerprint density at radius 1 is 1.17 bits per heavy atom. The van der Waals surface area contributed by atoms with Crippen LogP contribution in [0.3, 0.4) is 0 Å². The summed E-state index contributed by atoms with van der Waals surface area (Å²) in [6.07, 6.45) is 6.87. The van der Waals surface area contributed by atoms with Gasteiger partial charge in [-0.3, -0.25) is 0 Å². The molecule has 1 aromatic carbocycles. The van der Waals surface area contributed by atoms with Crippen LogP contribution >= 0.6 is 0 Å². The number of carbonyl (C=O) groups is 1. The van der Waals surface area contributed by atoms with Crippen molar-refractivity contribution in [2.24, 2.45) is 0 Å². The minimum atomic E-state index is -0.390. The average molecular weight is 318 g/mol. The monoisotopic (exact) mass is 318 g/mol. The normalized spacial score (nSPS) is 10.8. The van der Waals surface area contributed by atoms with Crippen LogP contribution in [-0.4, -0.2) is 25.7 Å². The Morgan fingerprint density at radius 2 is 2.12 bits per heavy atom. The summed E-state index contributed by atoms with van der Waals surface area (Å²) in [7, 11) is 0. The summed E-state index contributed by atoms with van der Waals surface area (Å²) in [5, 5.41) is 5.16. The fourth-order valence-corrected chi connectivity index (χ4v) is 2.58. The van der Waals surface area contributed by atoms with Gasteiger partial charge in [0.05, 0.1) is 5.56 Å². The molecule has 0 aliphatic rings. The number of H-pyrrole nitrogens is 1. The summed E-state index contributed by atoms with van der Waals surface area (Å²) in [6.45, 7) is 0.216. The largest absolute Gasteiger partial charge is 0.457 e. The molecule has 24 heavy (non-hydrogen) atoms. The fraction of sp³-hybridized carbons (Fsp3) is 0.0556. The number of hydrogen-bond donors (Lipinski definition) is 1. The number of nitrogens with one attached hydrogen (secondary N) is 1. The van der Waals surface area contributed by atoms with E-state index in [1.165, 1.54) is 0 Å². The van der Waals surface area contributed by atoms with Crippen LogP contribution < -0.4 is 0 Å². The van der Waals surface area contributed by atoms with E-state index in [9.17, 15) is 4.79 Å². The third-order valence-corrected chi connectivity index (χ3v) is 3.76. The maximum Gasteiger partial charge on any atom is 0.338 e. The molecule has 1 N–H and O–H groups in total. The first-order valence-electron chi connectivity index (χ1n) is 7.49. The maximum atomic E-state index is 12.3. The summed E-state index contributed by atoms with van der Waals surface area (Å²) in [4.78, 5) is 19.7. The molecule has 4 aromatic rings. The van der Waals surface area contributed by atoms with Crippen molar-refractivity contribution in [2.45, 2.75) is 6.61 Å². The molecule has 0 fully saturated rings. The second kappa shape index (κ2) is 6.00. The van der Waals surface area contributed by atoms with Gasteiger partial charge in [-0.05, 0) is 35.9 Å². The minimum Gasteiger partial charge on any atom is -0.457 e. The van der Waals surface area contributed by atoms with E-state index in [0.29, 0.717) is 11.4 Å². The summed E-state index contributed by atoms with van der Waals surface area (Å²) in [6, 6.07) is 12.9. The molecule has 0 unspecified atom stereocenters. The highest BCUT2D eigenvalue weighted by Crippen LogP contribution is 2.18. The molecule has 3 aromatic heterocycles. The van der Waals surface area contributed by atoms with Crippen LogP contribution in [0.25, 0.3) is 16.7 Å². The highest BCUT2D eigenvalue weighted by molar-refractivity contribution is 5.90. The van der Waals surface area contributed by atoms with Gasteiger partial charge in [-0.2, -0.15) is 5.10 Å². The fourth-order valence-electron chi connectivity index (χ4n) is 2.58. The van der Waals surface area contributed by atoms with Crippen molar-refractivity contribution in [3.05, 3.63) is 78.4 Å². The molecule has 0 aliphatic heterocycles. The number of nitrogens with zero attached hydrogens (tertiary/aromatic N) is 3. The van der Waals surface area contributed by atoms with Gasteiger partial charge >= 0.3 is 5.97 Å². The zero-order valence-corrected chi connectivity index (χ0v) is 12.7. The average Bonchev–Trinajstić information content (AvgIpc) is 3.31. The Balaban J connectivity index is 1.52. The first-order chi connectivity index (χ1) is 11.8. The predicted molar refractivity (Wildman–Crippen MR) is 88.8 cm³/mol. The Hall–Kier alpha value is -3.41. The van der Waals surface area contributed by atoms with Crippen molar-refractivity contribution in [1.29, 1.82) is 0 Å². The van der Waals surface area contributed by atoms with E-state index in [-0.39, 0.29) is 6.61 Å². The summed E-state index contributed by atoms with van der Waals surface area (Å²) in [5.41, 5.74) is 2.42. The van der Waals surface area contributed by atoms with Crippen LogP contribution in [0.2, 0.25) is 0 Å². The first kappa shape index (κ1) is 14.2. The summed E-state index contributed by atoms with van der Waals surface area (Å²) >= 11 is 0. The number of hydrogen-bond acceptors (Lipinski definition) is 4. The molecule has 4 rings (SSSR count). The van der Waals surface area contributed by atoms with E-state index in [0.717, 1.165) is 16.5 Å². The van der Waals surface area contributed by atoms with Crippen molar-refractivity contribution in [2.75, 3.05) is 0 Å². The van der Waals surface area contributed by atoms with Gasteiger partial charge in [-0.1, -0.05) is 12.1 Å². The second-order valence-electron chi connectivity index (χ2n) is 5.29. The Morgan fingerprint density at radius 3 is 3.00 bits per heavy atom. The third kappa shape index (κ3) is 2.65. The van der Waals surface area contributed by atoms with Crippen molar-refractivity contribution in [1.82, 2.24) is 19.7 Å². The molecule has 0 radical (unpaired) electrons. The van der Waals surface area contributed by atoms with Gasteiger partial charge < -0.3 is 9.72 Å². The molecular formula is C18H14N4O2. The van der Waals surface area contributed by atoms with E-state index in [1.54, 1.807) is 41.5 Å². The number of ether oxygens (including phenoxy) is 1. The topological polar surface area (TPSA) is 72.8 Å². The number of fused-ring (bicyclic) bond motifs is 1. The molecule has 0 aliphatic carbocycles. The number of aromatic amines is 1. The molecule has 6 nitrogen and oxygen atoms in total. The van der Waals surface area contributed by atoms with Crippen LogP contribution in [0.4, 0.5) is 0 Å². The highest BCUT2D eigenvalue weighted by atomic mass is 16.5. The molecule has 0 saturated heterocycles. The third-order valence-electron chi connectivity index (χ3n) is 3.76. The molecule has 0 atom stereocenters. The van der Waals surface area contributed by atoms with Crippen LogP contribution in [0.5, 0.6) is 0 Å². The van der Waals surface area contributed by atoms with Gasteiger partial charge in [0.25, 0.3) is 0 Å². The zero-order valence-electron chi connectivity index (χ0n) is 12.7. The lowest BCUT2D eigenvalue weighted by Crippen LogP contribution is -2.07. The SMILES string of the molecule is O=C(OCc1cccc2[nH]ccc12)c1ccnc(-n2cccn2)c1. The number of pyridine rings is 1. The van der Waals surface area contributed by atoms with Crippen LogP contribution in [-0.2, 0) is 11.3 Å². The van der Waals surface area contributed by atoms with Crippen LogP contribution in [0.15, 0.2) is 67.3 Å². The van der Waals surface area contributed by atoms with Crippen LogP contribution in [0.1, 0.15) is 15.9 Å². The standard InChI is InChI=1S/C18H14N4O2/c23-18(13-5-8-20-17(11-13)22-10-2-7-21-22)24-12-14-3-1-4-16-15(14)6-9-19-16/h1-11,19H,12H2. The first-order valence-corrected chi connectivity index (χ1v) is 7.49. The predicted octanol–water partition coefficient (Wildman–Crippen LogP) is 3.11. The van der Waals surface area contributed by atoms with Gasteiger partial charge in [0.1, 0.15) is 6.61 Å². The number of carbonyl (C=O) groups excluding carboxylic acids is 1. The van der Waals surface area contributed by atoms with Crippen molar-refractivity contribution in [3.63, 3.8) is 0 Å². The van der Waals surface area contributed by atoms with Crippen LogP contribution in [0, 0.1) is 0 Å². The Kier molecular flexibility index (Phi) is 3.55. The van der Waals surface area contributed by atoms with Gasteiger partial charge in [0.2, 0.25) is 0 Å². The molecule has 0 amide bonds. The molecule has 3 heterocycles. The summed E-state index contributed by atoms with van der Waals surface area (Å²) < 4.78 is 7.05. The quantitative estimate of drug-likeness (QED) is 0.587. The van der Waals surface area contributed by atoms with E-state index in [1.807, 2.05) is 30.5 Å². The van der Waals surface area contributed by atoms with Crippen molar-refractivity contribution >= 4 is 16.9 Å². The van der Waals surface area contributed by atoms with Gasteiger partial charge in [-0.25, -0.2) is 14.5 Å². The molecule has 0 spiro atoms. The Labute approximate surface area is 137 Å². The van der Waals surface area contributed by atoms with E-state index < -0.39 is 5.97 Å². The van der Waals surface area contributed by atoms with E-state index >= 15 is 0 Å². The van der Waals surface area contributed by atoms with Gasteiger partial charge in [0, 0.05) is 35.7 Å². The second-order valence-corrected chi connectivity index (χ2v) is 5.29.